The fraction of sp³-hybridized carbons (Fsp3) is 0.0500. The van der Waals surface area contributed by atoms with Crippen molar-refractivity contribution in [3.8, 4) is 11.3 Å². The predicted octanol–water partition coefficient (Wildman–Crippen LogP) is 4.15. The number of nitrogens with zero attached hydrogens (tertiary/aromatic N) is 3. The van der Waals surface area contributed by atoms with E-state index in [0.717, 1.165) is 22.6 Å². The molecule has 2 aromatic heterocycles. The molecule has 0 bridgehead atoms. The summed E-state index contributed by atoms with van der Waals surface area (Å²) in [4.78, 5) is 16.1. The van der Waals surface area contributed by atoms with Crippen LogP contribution in [0.4, 0.5) is 11.6 Å². The van der Waals surface area contributed by atoms with Crippen LogP contribution < -0.4 is 10.6 Å². The van der Waals surface area contributed by atoms with Crippen LogP contribution in [0.2, 0.25) is 5.02 Å². The normalized spacial score (nSPS) is 10.7. The molecular formula is C20H16ClN5O. The number of amides is 1. The van der Waals surface area contributed by atoms with Crippen molar-refractivity contribution < 1.29 is 4.79 Å². The lowest BCUT2D eigenvalue weighted by Gasteiger charge is -2.04. The molecule has 0 aliphatic rings. The second-order valence-electron chi connectivity index (χ2n) is 5.90. The van der Waals surface area contributed by atoms with Crippen LogP contribution in [0.3, 0.4) is 0 Å². The van der Waals surface area contributed by atoms with E-state index in [0.29, 0.717) is 16.5 Å². The maximum Gasteiger partial charge on any atom is 0.251 e. The van der Waals surface area contributed by atoms with Crippen molar-refractivity contribution in [2.45, 2.75) is 0 Å². The van der Waals surface area contributed by atoms with Crippen molar-refractivity contribution in [3.05, 3.63) is 77.3 Å². The van der Waals surface area contributed by atoms with Gasteiger partial charge in [0.25, 0.3) is 5.91 Å². The van der Waals surface area contributed by atoms with Crippen LogP contribution in [0.1, 0.15) is 10.4 Å². The van der Waals surface area contributed by atoms with Gasteiger partial charge in [0, 0.05) is 28.9 Å². The fourth-order valence-electron chi connectivity index (χ4n) is 2.78. The second-order valence-corrected chi connectivity index (χ2v) is 6.34. The number of aromatic nitrogens is 3. The summed E-state index contributed by atoms with van der Waals surface area (Å²) >= 11 is 5.98. The van der Waals surface area contributed by atoms with Gasteiger partial charge in [0.2, 0.25) is 5.95 Å². The van der Waals surface area contributed by atoms with Crippen LogP contribution in [0.25, 0.3) is 16.9 Å². The quantitative estimate of drug-likeness (QED) is 0.560. The van der Waals surface area contributed by atoms with Crippen molar-refractivity contribution in [3.63, 3.8) is 0 Å². The summed E-state index contributed by atoms with van der Waals surface area (Å²) in [5.41, 5.74) is 4.03. The third-order valence-corrected chi connectivity index (χ3v) is 4.38. The number of rotatable bonds is 4. The van der Waals surface area contributed by atoms with Gasteiger partial charge in [0.05, 0.1) is 5.69 Å². The first kappa shape index (κ1) is 17.1. The van der Waals surface area contributed by atoms with E-state index in [-0.39, 0.29) is 5.91 Å². The van der Waals surface area contributed by atoms with Gasteiger partial charge in [0.15, 0.2) is 5.65 Å². The van der Waals surface area contributed by atoms with E-state index < -0.39 is 0 Å². The zero-order chi connectivity index (χ0) is 18.8. The minimum atomic E-state index is -0.125. The van der Waals surface area contributed by atoms with Crippen molar-refractivity contribution in [2.24, 2.45) is 0 Å². The molecule has 2 aromatic carbocycles. The molecule has 0 unspecified atom stereocenters. The standard InChI is InChI=1S/C20H16ClN5O/c1-22-19(27)14-7-11-16(12-8-14)23-20-24-18-4-2-3-17(26(18)25-20)13-5-9-15(21)10-6-13/h2-12H,1H3,(H,22,27)(H,23,25). The molecule has 2 N–H and O–H groups in total. The SMILES string of the molecule is CNC(=O)c1ccc(Nc2nc3cccc(-c4ccc(Cl)cc4)n3n2)cc1. The first-order valence-corrected chi connectivity index (χ1v) is 8.73. The Kier molecular flexibility index (Phi) is 4.48. The highest BCUT2D eigenvalue weighted by Crippen LogP contribution is 2.23. The van der Waals surface area contributed by atoms with Crippen molar-refractivity contribution in [2.75, 3.05) is 12.4 Å². The number of carbonyl (C=O) groups excluding carboxylic acids is 1. The van der Waals surface area contributed by atoms with Gasteiger partial charge in [-0.2, -0.15) is 4.98 Å². The van der Waals surface area contributed by atoms with Crippen LogP contribution in [0, 0.1) is 0 Å². The molecule has 6 nitrogen and oxygen atoms in total. The number of carbonyl (C=O) groups is 1. The summed E-state index contributed by atoms with van der Waals surface area (Å²) < 4.78 is 1.78. The van der Waals surface area contributed by atoms with Crippen LogP contribution in [0.15, 0.2) is 66.7 Å². The zero-order valence-electron chi connectivity index (χ0n) is 14.5. The molecule has 2 heterocycles. The molecule has 4 aromatic rings. The number of pyridine rings is 1. The molecule has 0 fully saturated rings. The van der Waals surface area contributed by atoms with E-state index >= 15 is 0 Å². The van der Waals surface area contributed by atoms with Crippen molar-refractivity contribution in [1.82, 2.24) is 19.9 Å². The van der Waals surface area contributed by atoms with E-state index in [9.17, 15) is 4.79 Å². The Balaban J connectivity index is 1.65. The Morgan fingerprint density at radius 3 is 2.44 bits per heavy atom. The number of fused-ring (bicyclic) bond motifs is 1. The Morgan fingerprint density at radius 1 is 1.00 bits per heavy atom. The topological polar surface area (TPSA) is 71.3 Å². The number of hydrogen-bond acceptors (Lipinski definition) is 4. The second kappa shape index (κ2) is 7.09. The molecule has 27 heavy (non-hydrogen) atoms. The van der Waals surface area contributed by atoms with E-state index in [2.05, 4.69) is 20.7 Å². The number of benzene rings is 2. The van der Waals surface area contributed by atoms with Gasteiger partial charge in [-0.1, -0.05) is 29.8 Å². The average Bonchev–Trinajstić information content (AvgIpc) is 3.11. The van der Waals surface area contributed by atoms with Crippen LogP contribution in [0.5, 0.6) is 0 Å². The first-order chi connectivity index (χ1) is 13.1. The Morgan fingerprint density at radius 2 is 1.74 bits per heavy atom. The Hall–Kier alpha value is -3.38. The lowest BCUT2D eigenvalue weighted by molar-refractivity contribution is 0.0963. The molecule has 134 valence electrons. The highest BCUT2D eigenvalue weighted by atomic mass is 35.5. The molecule has 0 atom stereocenters. The van der Waals surface area contributed by atoms with Crippen LogP contribution in [-0.2, 0) is 0 Å². The van der Waals surface area contributed by atoms with E-state index in [1.54, 1.807) is 23.7 Å². The molecule has 7 heteroatoms. The van der Waals surface area contributed by atoms with Gasteiger partial charge in [-0.05, 0) is 48.5 Å². The first-order valence-electron chi connectivity index (χ1n) is 8.35. The highest BCUT2D eigenvalue weighted by molar-refractivity contribution is 6.30. The predicted molar refractivity (Wildman–Crippen MR) is 107 cm³/mol. The smallest absolute Gasteiger partial charge is 0.251 e. The average molecular weight is 378 g/mol. The van der Waals surface area contributed by atoms with Gasteiger partial charge in [0.1, 0.15) is 0 Å². The van der Waals surface area contributed by atoms with Gasteiger partial charge in [-0.25, -0.2) is 4.52 Å². The Labute approximate surface area is 160 Å². The molecule has 1 amide bonds. The van der Waals surface area contributed by atoms with E-state index in [1.807, 2.05) is 54.6 Å². The largest absolute Gasteiger partial charge is 0.355 e. The summed E-state index contributed by atoms with van der Waals surface area (Å²) in [5, 5.41) is 11.0. The molecule has 0 aliphatic carbocycles. The minimum absolute atomic E-state index is 0.125. The molecule has 0 saturated carbocycles. The summed E-state index contributed by atoms with van der Waals surface area (Å²) in [6.07, 6.45) is 0. The third-order valence-electron chi connectivity index (χ3n) is 4.13. The summed E-state index contributed by atoms with van der Waals surface area (Å²) in [5.74, 6) is 0.351. The highest BCUT2D eigenvalue weighted by Gasteiger charge is 2.09. The summed E-state index contributed by atoms with van der Waals surface area (Å²) in [7, 11) is 1.60. The number of anilines is 2. The molecule has 0 radical (unpaired) electrons. The maximum absolute atomic E-state index is 11.6. The van der Waals surface area contributed by atoms with E-state index in [1.165, 1.54) is 0 Å². The number of halogens is 1. The van der Waals surface area contributed by atoms with Gasteiger partial charge in [-0.3, -0.25) is 4.79 Å². The summed E-state index contributed by atoms with van der Waals surface area (Å²) in [6.45, 7) is 0. The lowest BCUT2D eigenvalue weighted by atomic mass is 10.1. The van der Waals surface area contributed by atoms with Crippen molar-refractivity contribution in [1.29, 1.82) is 0 Å². The number of nitrogens with one attached hydrogen (secondary N) is 2. The monoisotopic (exact) mass is 377 g/mol. The Bertz CT molecular complexity index is 1100. The fourth-order valence-corrected chi connectivity index (χ4v) is 2.90. The molecule has 0 aliphatic heterocycles. The zero-order valence-corrected chi connectivity index (χ0v) is 15.2. The van der Waals surface area contributed by atoms with Gasteiger partial charge < -0.3 is 10.6 Å². The van der Waals surface area contributed by atoms with Crippen molar-refractivity contribution >= 4 is 34.8 Å². The summed E-state index contributed by atoms with van der Waals surface area (Å²) in [6, 6.07) is 20.5. The molecule has 0 saturated heterocycles. The number of hydrogen-bond donors (Lipinski definition) is 2. The third kappa shape index (κ3) is 3.47. The lowest BCUT2D eigenvalue weighted by Crippen LogP contribution is -2.17. The van der Waals surface area contributed by atoms with E-state index in [4.69, 9.17) is 11.6 Å². The van der Waals surface area contributed by atoms with Gasteiger partial charge >= 0.3 is 0 Å². The minimum Gasteiger partial charge on any atom is -0.355 e. The van der Waals surface area contributed by atoms with Crippen LogP contribution in [-0.4, -0.2) is 27.6 Å². The van der Waals surface area contributed by atoms with Crippen LogP contribution >= 0.6 is 11.6 Å². The molecular weight excluding hydrogens is 362 g/mol. The van der Waals surface area contributed by atoms with Gasteiger partial charge in [-0.15, -0.1) is 5.10 Å². The molecule has 0 spiro atoms. The maximum atomic E-state index is 11.6. The molecule has 4 rings (SSSR count).